The minimum atomic E-state index is -0.0634. The van der Waals surface area contributed by atoms with Crippen molar-refractivity contribution in [3.05, 3.63) is 29.8 Å². The molecule has 0 bridgehead atoms. The van der Waals surface area contributed by atoms with E-state index in [4.69, 9.17) is 10.5 Å². The third-order valence-corrected chi connectivity index (χ3v) is 5.03. The molecule has 27 heavy (non-hydrogen) atoms. The summed E-state index contributed by atoms with van der Waals surface area (Å²) >= 11 is 0. The Morgan fingerprint density at radius 3 is 2.67 bits per heavy atom. The average molecular weight is 376 g/mol. The number of hydrogen-bond donors (Lipinski definition) is 3. The van der Waals surface area contributed by atoms with Gasteiger partial charge in [-0.05, 0) is 57.2 Å². The van der Waals surface area contributed by atoms with Crippen LogP contribution in [0.4, 0.5) is 0 Å². The SMILES string of the molecule is CCOc1ccc(C(C)NC(=O)CCCNC(=O)C2CCCC(N)C2)cc1. The standard InChI is InChI=1S/C21H33N3O3/c1-3-27-19-11-9-16(10-12-19)15(2)24-20(25)8-5-13-23-21(26)17-6-4-7-18(22)14-17/h9-12,15,17-18H,3-8,13-14,22H2,1-2H3,(H,23,26)(H,24,25). The molecule has 0 spiro atoms. The summed E-state index contributed by atoms with van der Waals surface area (Å²) in [6, 6.07) is 7.83. The van der Waals surface area contributed by atoms with E-state index in [1.54, 1.807) is 0 Å². The van der Waals surface area contributed by atoms with E-state index in [9.17, 15) is 9.59 Å². The molecule has 3 unspecified atom stereocenters. The van der Waals surface area contributed by atoms with Gasteiger partial charge in [0.05, 0.1) is 12.6 Å². The van der Waals surface area contributed by atoms with Gasteiger partial charge in [0.15, 0.2) is 0 Å². The van der Waals surface area contributed by atoms with Gasteiger partial charge in [-0.1, -0.05) is 18.6 Å². The third-order valence-electron chi connectivity index (χ3n) is 5.03. The van der Waals surface area contributed by atoms with Gasteiger partial charge in [-0.3, -0.25) is 9.59 Å². The molecule has 1 saturated carbocycles. The Morgan fingerprint density at radius 1 is 1.26 bits per heavy atom. The van der Waals surface area contributed by atoms with Crippen LogP contribution in [0.2, 0.25) is 0 Å². The summed E-state index contributed by atoms with van der Waals surface area (Å²) in [5.41, 5.74) is 6.97. The minimum Gasteiger partial charge on any atom is -0.494 e. The maximum absolute atomic E-state index is 12.1. The summed E-state index contributed by atoms with van der Waals surface area (Å²) in [7, 11) is 0. The van der Waals surface area contributed by atoms with E-state index in [0.29, 0.717) is 26.0 Å². The second kappa shape index (κ2) is 10.9. The van der Waals surface area contributed by atoms with Crippen LogP contribution in [0, 0.1) is 5.92 Å². The summed E-state index contributed by atoms with van der Waals surface area (Å²) in [5.74, 6) is 0.926. The van der Waals surface area contributed by atoms with Gasteiger partial charge in [-0.2, -0.15) is 0 Å². The van der Waals surface area contributed by atoms with E-state index < -0.39 is 0 Å². The Balaban J connectivity index is 1.64. The number of rotatable bonds is 9. The van der Waals surface area contributed by atoms with Crippen molar-refractivity contribution < 1.29 is 14.3 Å². The van der Waals surface area contributed by atoms with Crippen molar-refractivity contribution in [3.63, 3.8) is 0 Å². The first-order valence-corrected chi connectivity index (χ1v) is 10.0. The Bertz CT molecular complexity index is 603. The van der Waals surface area contributed by atoms with Crippen molar-refractivity contribution in [2.24, 2.45) is 11.7 Å². The highest BCUT2D eigenvalue weighted by molar-refractivity contribution is 5.79. The van der Waals surface area contributed by atoms with Gasteiger partial charge >= 0.3 is 0 Å². The average Bonchev–Trinajstić information content (AvgIpc) is 2.66. The van der Waals surface area contributed by atoms with Crippen LogP contribution in [0.15, 0.2) is 24.3 Å². The van der Waals surface area contributed by atoms with Crippen LogP contribution in [0.1, 0.15) is 64.0 Å². The number of carbonyl (C=O) groups is 2. The zero-order valence-electron chi connectivity index (χ0n) is 16.5. The second-order valence-corrected chi connectivity index (χ2v) is 7.31. The molecule has 6 nitrogen and oxygen atoms in total. The fourth-order valence-corrected chi connectivity index (χ4v) is 3.49. The molecule has 0 heterocycles. The van der Waals surface area contributed by atoms with Gasteiger partial charge in [-0.25, -0.2) is 0 Å². The number of nitrogens with one attached hydrogen (secondary N) is 2. The molecule has 1 aromatic rings. The molecule has 2 amide bonds. The quantitative estimate of drug-likeness (QED) is 0.579. The zero-order chi connectivity index (χ0) is 19.6. The highest BCUT2D eigenvalue weighted by atomic mass is 16.5. The molecule has 2 rings (SSSR count). The first kappa shape index (κ1) is 21.2. The molecule has 3 atom stereocenters. The van der Waals surface area contributed by atoms with Crippen LogP contribution >= 0.6 is 0 Å². The number of carbonyl (C=O) groups excluding carboxylic acids is 2. The fraction of sp³-hybridized carbons (Fsp3) is 0.619. The molecular weight excluding hydrogens is 342 g/mol. The lowest BCUT2D eigenvalue weighted by Gasteiger charge is -2.25. The van der Waals surface area contributed by atoms with Crippen molar-refractivity contribution in [2.75, 3.05) is 13.2 Å². The normalized spacial score (nSPS) is 20.6. The Kier molecular flexibility index (Phi) is 8.58. The van der Waals surface area contributed by atoms with Gasteiger partial charge in [-0.15, -0.1) is 0 Å². The molecule has 6 heteroatoms. The van der Waals surface area contributed by atoms with Crippen LogP contribution in [0.5, 0.6) is 5.75 Å². The van der Waals surface area contributed by atoms with E-state index in [0.717, 1.165) is 37.0 Å². The summed E-state index contributed by atoms with van der Waals surface area (Å²) in [5, 5.41) is 5.94. The lowest BCUT2D eigenvalue weighted by Crippen LogP contribution is -2.38. The molecule has 0 radical (unpaired) electrons. The topological polar surface area (TPSA) is 93.5 Å². The lowest BCUT2D eigenvalue weighted by atomic mass is 9.85. The molecule has 0 saturated heterocycles. The number of benzene rings is 1. The molecule has 1 aliphatic rings. The Hall–Kier alpha value is -2.08. The Morgan fingerprint density at radius 2 is 2.00 bits per heavy atom. The summed E-state index contributed by atoms with van der Waals surface area (Å²) in [6.07, 6.45) is 4.74. The fourth-order valence-electron chi connectivity index (χ4n) is 3.49. The van der Waals surface area contributed by atoms with Gasteiger partial charge in [0.25, 0.3) is 0 Å². The third kappa shape index (κ3) is 7.21. The van der Waals surface area contributed by atoms with Crippen molar-refractivity contribution in [1.82, 2.24) is 10.6 Å². The van der Waals surface area contributed by atoms with Crippen molar-refractivity contribution in [2.45, 2.75) is 64.5 Å². The predicted molar refractivity (Wildman–Crippen MR) is 106 cm³/mol. The first-order chi connectivity index (χ1) is 13.0. The van der Waals surface area contributed by atoms with E-state index >= 15 is 0 Å². The zero-order valence-corrected chi connectivity index (χ0v) is 16.5. The molecule has 1 aromatic carbocycles. The lowest BCUT2D eigenvalue weighted by molar-refractivity contribution is -0.126. The number of nitrogens with two attached hydrogens (primary N) is 1. The largest absolute Gasteiger partial charge is 0.494 e. The molecule has 1 fully saturated rings. The smallest absolute Gasteiger partial charge is 0.223 e. The Labute approximate surface area is 162 Å². The van der Waals surface area contributed by atoms with Crippen molar-refractivity contribution >= 4 is 11.8 Å². The van der Waals surface area contributed by atoms with Crippen LogP contribution in [-0.4, -0.2) is 31.0 Å². The molecule has 4 N–H and O–H groups in total. The van der Waals surface area contributed by atoms with Crippen LogP contribution in [0.25, 0.3) is 0 Å². The molecule has 150 valence electrons. The van der Waals surface area contributed by atoms with Crippen molar-refractivity contribution in [1.29, 1.82) is 0 Å². The van der Waals surface area contributed by atoms with Gasteiger partial charge < -0.3 is 21.1 Å². The van der Waals surface area contributed by atoms with Crippen LogP contribution < -0.4 is 21.1 Å². The molecule has 1 aliphatic carbocycles. The monoisotopic (exact) mass is 375 g/mol. The number of amides is 2. The summed E-state index contributed by atoms with van der Waals surface area (Å²) in [6.45, 7) is 5.07. The maximum atomic E-state index is 12.1. The van der Waals surface area contributed by atoms with Gasteiger partial charge in [0, 0.05) is 24.9 Å². The van der Waals surface area contributed by atoms with E-state index in [1.165, 1.54) is 0 Å². The highest BCUT2D eigenvalue weighted by Crippen LogP contribution is 2.23. The molecular formula is C21H33N3O3. The van der Waals surface area contributed by atoms with Crippen molar-refractivity contribution in [3.8, 4) is 5.75 Å². The molecule has 0 aromatic heterocycles. The predicted octanol–water partition coefficient (Wildman–Crippen LogP) is 2.68. The number of ether oxygens (including phenoxy) is 1. The van der Waals surface area contributed by atoms with Crippen LogP contribution in [0.3, 0.4) is 0 Å². The van der Waals surface area contributed by atoms with E-state index in [1.807, 2.05) is 38.1 Å². The van der Waals surface area contributed by atoms with Gasteiger partial charge in [0.1, 0.15) is 5.75 Å². The molecule has 0 aliphatic heterocycles. The summed E-state index contributed by atoms with van der Waals surface area (Å²) in [4.78, 5) is 24.3. The second-order valence-electron chi connectivity index (χ2n) is 7.31. The minimum absolute atomic E-state index is 0.00896. The van der Waals surface area contributed by atoms with Crippen LogP contribution in [-0.2, 0) is 9.59 Å². The highest BCUT2D eigenvalue weighted by Gasteiger charge is 2.24. The van der Waals surface area contributed by atoms with Gasteiger partial charge in [0.2, 0.25) is 11.8 Å². The van der Waals surface area contributed by atoms with E-state index in [-0.39, 0.29) is 29.8 Å². The summed E-state index contributed by atoms with van der Waals surface area (Å²) < 4.78 is 5.43. The first-order valence-electron chi connectivity index (χ1n) is 10.0. The number of hydrogen-bond acceptors (Lipinski definition) is 4. The van der Waals surface area contributed by atoms with E-state index in [2.05, 4.69) is 10.6 Å². The maximum Gasteiger partial charge on any atom is 0.223 e.